The van der Waals surface area contributed by atoms with Gasteiger partial charge in [0.25, 0.3) is 0 Å². The molecule has 0 unspecified atom stereocenters. The number of aromatic nitrogens is 2. The maximum absolute atomic E-state index is 13.3. The van der Waals surface area contributed by atoms with Crippen molar-refractivity contribution in [3.63, 3.8) is 0 Å². The van der Waals surface area contributed by atoms with Crippen LogP contribution in [0.1, 0.15) is 24.8 Å². The Morgan fingerprint density at radius 2 is 1.64 bits per heavy atom. The van der Waals surface area contributed by atoms with E-state index in [1.54, 1.807) is 18.5 Å². The summed E-state index contributed by atoms with van der Waals surface area (Å²) in [5, 5.41) is 0.886. The van der Waals surface area contributed by atoms with E-state index in [9.17, 15) is 4.39 Å². The normalized spacial score (nSPS) is 15.1. The lowest BCUT2D eigenvalue weighted by atomic mass is 9.93. The first kappa shape index (κ1) is 21.5. The second kappa shape index (κ2) is 10.1. The van der Waals surface area contributed by atoms with E-state index < -0.39 is 0 Å². The molecular formula is C28H28FN3O. The fourth-order valence-corrected chi connectivity index (χ4v) is 4.57. The Balaban J connectivity index is 1.18. The molecule has 5 rings (SSSR count). The van der Waals surface area contributed by atoms with Gasteiger partial charge in [0, 0.05) is 6.54 Å². The maximum Gasteiger partial charge on any atom is 0.224 e. The van der Waals surface area contributed by atoms with Crippen molar-refractivity contribution < 1.29 is 9.13 Å². The summed E-state index contributed by atoms with van der Waals surface area (Å²) in [4.78, 5) is 11.3. The minimum absolute atomic E-state index is 0.238. The molecule has 168 valence electrons. The number of fused-ring (bicyclic) bond motifs is 1. The van der Waals surface area contributed by atoms with E-state index in [0.29, 0.717) is 18.4 Å². The second-order valence-corrected chi connectivity index (χ2v) is 8.76. The Bertz CT molecular complexity index is 1190. The zero-order valence-corrected chi connectivity index (χ0v) is 18.7. The molecule has 1 fully saturated rings. The quantitative estimate of drug-likeness (QED) is 0.346. The molecule has 2 heterocycles. The molecule has 5 heteroatoms. The van der Waals surface area contributed by atoms with Gasteiger partial charge in [0.05, 0.1) is 17.5 Å². The van der Waals surface area contributed by atoms with Crippen LogP contribution in [0.4, 0.5) is 4.39 Å². The average Bonchev–Trinajstić information content (AvgIpc) is 2.86. The molecular weight excluding hydrogens is 413 g/mol. The highest BCUT2D eigenvalue weighted by molar-refractivity contribution is 5.88. The van der Waals surface area contributed by atoms with Gasteiger partial charge in [-0.25, -0.2) is 14.4 Å². The van der Waals surface area contributed by atoms with Crippen LogP contribution in [0, 0.1) is 11.7 Å². The molecule has 4 aromatic rings. The number of ether oxygens (including phenoxy) is 1. The van der Waals surface area contributed by atoms with E-state index in [-0.39, 0.29) is 5.82 Å². The molecule has 1 aliphatic rings. The van der Waals surface area contributed by atoms with Crippen molar-refractivity contribution in [1.29, 1.82) is 0 Å². The Kier molecular flexibility index (Phi) is 6.58. The molecule has 1 saturated heterocycles. The molecule has 3 aromatic carbocycles. The third-order valence-electron chi connectivity index (χ3n) is 6.50. The van der Waals surface area contributed by atoms with Crippen LogP contribution in [0.25, 0.3) is 22.0 Å². The van der Waals surface area contributed by atoms with Crippen LogP contribution in [0.3, 0.4) is 0 Å². The molecule has 33 heavy (non-hydrogen) atoms. The Morgan fingerprint density at radius 3 is 2.42 bits per heavy atom. The highest BCUT2D eigenvalue weighted by Crippen LogP contribution is 2.29. The number of piperidine rings is 1. The summed E-state index contributed by atoms with van der Waals surface area (Å²) in [5.41, 5.74) is 4.18. The summed E-state index contributed by atoms with van der Waals surface area (Å²) < 4.78 is 19.4. The molecule has 0 saturated carbocycles. The molecule has 0 aliphatic carbocycles. The smallest absolute Gasteiger partial charge is 0.224 e. The zero-order valence-electron chi connectivity index (χ0n) is 18.7. The number of halogens is 1. The van der Waals surface area contributed by atoms with E-state index >= 15 is 0 Å². The fraction of sp³-hybridized carbons (Fsp3) is 0.286. The minimum atomic E-state index is -0.238. The van der Waals surface area contributed by atoms with Crippen LogP contribution in [0.15, 0.2) is 79.1 Å². The van der Waals surface area contributed by atoms with Gasteiger partial charge >= 0.3 is 0 Å². The molecule has 1 aliphatic heterocycles. The number of hydrogen-bond donors (Lipinski definition) is 0. The molecule has 0 amide bonds. The van der Waals surface area contributed by atoms with E-state index in [2.05, 4.69) is 45.2 Å². The van der Waals surface area contributed by atoms with Gasteiger partial charge in [-0.3, -0.25) is 4.90 Å². The van der Waals surface area contributed by atoms with Crippen LogP contribution in [-0.2, 0) is 6.54 Å². The molecule has 0 bridgehead atoms. The first-order valence-electron chi connectivity index (χ1n) is 11.6. The lowest BCUT2D eigenvalue weighted by Crippen LogP contribution is -2.33. The second-order valence-electron chi connectivity index (χ2n) is 8.76. The van der Waals surface area contributed by atoms with Crippen molar-refractivity contribution in [3.05, 3.63) is 90.5 Å². The van der Waals surface area contributed by atoms with Crippen molar-refractivity contribution in [2.45, 2.75) is 25.8 Å². The van der Waals surface area contributed by atoms with Crippen LogP contribution in [0.5, 0.6) is 5.88 Å². The van der Waals surface area contributed by atoms with Gasteiger partial charge in [-0.05, 0) is 79.2 Å². The average molecular weight is 442 g/mol. The Labute approximate surface area is 194 Å². The number of nitrogens with zero attached hydrogens (tertiary/aromatic N) is 3. The Hall–Kier alpha value is -3.31. The van der Waals surface area contributed by atoms with Gasteiger partial charge < -0.3 is 4.74 Å². The van der Waals surface area contributed by atoms with Crippen molar-refractivity contribution >= 4 is 10.9 Å². The Morgan fingerprint density at radius 1 is 0.879 bits per heavy atom. The highest BCUT2D eigenvalue weighted by Gasteiger charge is 2.19. The maximum atomic E-state index is 13.3. The van der Waals surface area contributed by atoms with Gasteiger partial charge in [0.1, 0.15) is 12.1 Å². The monoisotopic (exact) mass is 441 g/mol. The number of hydrogen-bond acceptors (Lipinski definition) is 4. The standard InChI is InChI=1S/C28H28FN3O/c29-25-9-6-23(7-10-25)24-8-11-27-26(18-24)28(31-20-30-27)33-17-14-21-12-15-32(16-13-21)19-22-4-2-1-3-5-22/h1-11,18,20-21H,12-17,19H2. The third-order valence-corrected chi connectivity index (χ3v) is 6.50. The fourth-order valence-electron chi connectivity index (χ4n) is 4.57. The summed E-state index contributed by atoms with van der Waals surface area (Å²) >= 11 is 0. The van der Waals surface area contributed by atoms with Gasteiger partial charge in [0.15, 0.2) is 0 Å². The van der Waals surface area contributed by atoms with Crippen molar-refractivity contribution in [3.8, 4) is 17.0 Å². The largest absolute Gasteiger partial charge is 0.477 e. The summed E-state index contributed by atoms with van der Waals surface area (Å²) in [5.74, 6) is 1.06. The van der Waals surface area contributed by atoms with E-state index in [1.807, 2.05) is 18.2 Å². The third kappa shape index (κ3) is 5.37. The van der Waals surface area contributed by atoms with Crippen LogP contribution < -0.4 is 4.74 Å². The lowest BCUT2D eigenvalue weighted by Gasteiger charge is -2.32. The van der Waals surface area contributed by atoms with Gasteiger partial charge in [-0.1, -0.05) is 48.5 Å². The lowest BCUT2D eigenvalue weighted by molar-refractivity contribution is 0.157. The number of rotatable bonds is 7. The molecule has 0 spiro atoms. The predicted octanol–water partition coefficient (Wildman–Crippen LogP) is 6.12. The topological polar surface area (TPSA) is 38.3 Å². The predicted molar refractivity (Wildman–Crippen MR) is 129 cm³/mol. The van der Waals surface area contributed by atoms with Gasteiger partial charge in [0.2, 0.25) is 5.88 Å². The molecule has 0 atom stereocenters. The van der Waals surface area contributed by atoms with E-state index in [1.165, 1.54) is 30.5 Å². The van der Waals surface area contributed by atoms with E-state index in [0.717, 1.165) is 48.1 Å². The van der Waals surface area contributed by atoms with Crippen molar-refractivity contribution in [1.82, 2.24) is 14.9 Å². The van der Waals surface area contributed by atoms with Crippen LogP contribution in [0.2, 0.25) is 0 Å². The van der Waals surface area contributed by atoms with Crippen LogP contribution >= 0.6 is 0 Å². The summed E-state index contributed by atoms with van der Waals surface area (Å²) in [6.45, 7) is 3.96. The first-order chi connectivity index (χ1) is 16.2. The van der Waals surface area contributed by atoms with Crippen molar-refractivity contribution in [2.75, 3.05) is 19.7 Å². The van der Waals surface area contributed by atoms with Crippen molar-refractivity contribution in [2.24, 2.45) is 5.92 Å². The number of likely N-dealkylation sites (tertiary alicyclic amines) is 1. The van der Waals surface area contributed by atoms with Gasteiger partial charge in [-0.15, -0.1) is 0 Å². The number of benzene rings is 3. The van der Waals surface area contributed by atoms with E-state index in [4.69, 9.17) is 4.74 Å². The summed E-state index contributed by atoms with van der Waals surface area (Å²) in [7, 11) is 0. The molecule has 0 radical (unpaired) electrons. The molecule has 1 aromatic heterocycles. The highest BCUT2D eigenvalue weighted by atomic mass is 19.1. The first-order valence-corrected chi connectivity index (χ1v) is 11.6. The summed E-state index contributed by atoms with van der Waals surface area (Å²) in [6.07, 6.45) is 4.99. The molecule has 0 N–H and O–H groups in total. The minimum Gasteiger partial charge on any atom is -0.477 e. The summed E-state index contributed by atoms with van der Waals surface area (Å²) in [6, 6.07) is 23.2. The van der Waals surface area contributed by atoms with Crippen LogP contribution in [-0.4, -0.2) is 34.6 Å². The SMILES string of the molecule is Fc1ccc(-c2ccc3ncnc(OCCC4CCN(Cc5ccccc5)CC4)c3c2)cc1. The molecule has 4 nitrogen and oxygen atoms in total. The van der Waals surface area contributed by atoms with Gasteiger partial charge in [-0.2, -0.15) is 0 Å². The zero-order chi connectivity index (χ0) is 22.5.